The first kappa shape index (κ1) is 14.1. The number of halogens is 2. The summed E-state index contributed by atoms with van der Waals surface area (Å²) >= 11 is 9.45. The summed E-state index contributed by atoms with van der Waals surface area (Å²) in [5, 5.41) is 0.432. The molecular formula is C15H12BrClO2. The van der Waals surface area contributed by atoms with E-state index in [1.807, 2.05) is 13.0 Å². The molecule has 19 heavy (non-hydrogen) atoms. The lowest BCUT2D eigenvalue weighted by Crippen LogP contribution is -2.04. The Morgan fingerprint density at radius 1 is 1.26 bits per heavy atom. The zero-order valence-corrected chi connectivity index (χ0v) is 12.7. The van der Waals surface area contributed by atoms with Gasteiger partial charge in [-0.05, 0) is 47.1 Å². The zero-order valence-electron chi connectivity index (χ0n) is 10.3. The van der Waals surface area contributed by atoms with E-state index in [1.54, 1.807) is 36.4 Å². The van der Waals surface area contributed by atoms with Crippen LogP contribution >= 0.6 is 27.5 Å². The van der Waals surface area contributed by atoms with Crippen LogP contribution in [0.15, 0.2) is 46.9 Å². The van der Waals surface area contributed by atoms with Crippen molar-refractivity contribution in [2.24, 2.45) is 0 Å². The van der Waals surface area contributed by atoms with Crippen LogP contribution in [0.1, 0.15) is 22.8 Å². The summed E-state index contributed by atoms with van der Waals surface area (Å²) in [6.45, 7) is 2.46. The number of ether oxygens (including phenoxy) is 1. The second-order valence-corrected chi connectivity index (χ2v) is 5.15. The number of rotatable bonds is 4. The molecule has 0 heterocycles. The normalized spacial score (nSPS) is 10.3. The van der Waals surface area contributed by atoms with E-state index in [9.17, 15) is 4.79 Å². The van der Waals surface area contributed by atoms with Gasteiger partial charge >= 0.3 is 0 Å². The van der Waals surface area contributed by atoms with Crippen LogP contribution < -0.4 is 4.74 Å². The Kier molecular flexibility index (Phi) is 4.61. The fraction of sp³-hybridized carbons (Fsp3) is 0.133. The first-order valence-corrected chi connectivity index (χ1v) is 7.02. The van der Waals surface area contributed by atoms with Crippen LogP contribution in [-0.4, -0.2) is 12.4 Å². The van der Waals surface area contributed by atoms with Gasteiger partial charge in [0.2, 0.25) is 0 Å². The molecule has 0 aromatic heterocycles. The van der Waals surface area contributed by atoms with E-state index in [-0.39, 0.29) is 5.78 Å². The van der Waals surface area contributed by atoms with Crippen molar-refractivity contribution in [1.82, 2.24) is 0 Å². The Morgan fingerprint density at radius 2 is 2.00 bits per heavy atom. The quantitative estimate of drug-likeness (QED) is 0.753. The van der Waals surface area contributed by atoms with E-state index in [1.165, 1.54) is 0 Å². The highest BCUT2D eigenvalue weighted by atomic mass is 79.9. The van der Waals surface area contributed by atoms with Crippen molar-refractivity contribution >= 4 is 33.3 Å². The average molecular weight is 340 g/mol. The van der Waals surface area contributed by atoms with Gasteiger partial charge in [0.1, 0.15) is 5.75 Å². The van der Waals surface area contributed by atoms with Crippen molar-refractivity contribution in [3.8, 4) is 5.75 Å². The Balaban J connectivity index is 2.41. The van der Waals surface area contributed by atoms with Crippen molar-refractivity contribution in [1.29, 1.82) is 0 Å². The molecule has 0 atom stereocenters. The Morgan fingerprint density at radius 3 is 2.68 bits per heavy atom. The van der Waals surface area contributed by atoms with Gasteiger partial charge < -0.3 is 4.74 Å². The van der Waals surface area contributed by atoms with Crippen molar-refractivity contribution in [3.05, 3.63) is 63.1 Å². The summed E-state index contributed by atoms with van der Waals surface area (Å²) in [4.78, 5) is 12.5. The molecular weight excluding hydrogens is 328 g/mol. The molecule has 0 aliphatic carbocycles. The number of ketones is 1. The molecule has 0 bridgehead atoms. The summed E-state index contributed by atoms with van der Waals surface area (Å²) < 4.78 is 6.08. The number of hydrogen-bond acceptors (Lipinski definition) is 2. The largest absolute Gasteiger partial charge is 0.494 e. The number of carbonyl (C=O) groups excluding carboxylic acids is 1. The monoisotopic (exact) mass is 338 g/mol. The van der Waals surface area contributed by atoms with Crippen molar-refractivity contribution in [3.63, 3.8) is 0 Å². The van der Waals surface area contributed by atoms with Gasteiger partial charge in [-0.15, -0.1) is 0 Å². The minimum Gasteiger partial charge on any atom is -0.494 e. The molecule has 0 aliphatic heterocycles. The Labute approximate surface area is 125 Å². The van der Waals surface area contributed by atoms with E-state index in [4.69, 9.17) is 16.3 Å². The molecule has 0 radical (unpaired) electrons. The Hall–Kier alpha value is -1.32. The molecule has 0 amide bonds. The van der Waals surface area contributed by atoms with E-state index in [0.717, 1.165) is 0 Å². The predicted molar refractivity (Wildman–Crippen MR) is 80.2 cm³/mol. The van der Waals surface area contributed by atoms with Gasteiger partial charge in [0.05, 0.1) is 17.2 Å². The number of benzene rings is 2. The van der Waals surface area contributed by atoms with Crippen LogP contribution in [0.2, 0.25) is 5.02 Å². The van der Waals surface area contributed by atoms with E-state index in [0.29, 0.717) is 33.0 Å². The van der Waals surface area contributed by atoms with E-state index in [2.05, 4.69) is 15.9 Å². The molecule has 0 saturated heterocycles. The maximum Gasteiger partial charge on any atom is 0.195 e. The SMILES string of the molecule is CCOc1cccc(C(=O)c2c(Cl)cccc2Br)c1. The fourth-order valence-electron chi connectivity index (χ4n) is 1.75. The van der Waals surface area contributed by atoms with E-state index >= 15 is 0 Å². The van der Waals surface area contributed by atoms with E-state index < -0.39 is 0 Å². The van der Waals surface area contributed by atoms with Gasteiger partial charge in [-0.2, -0.15) is 0 Å². The molecule has 2 nitrogen and oxygen atoms in total. The van der Waals surface area contributed by atoms with Crippen LogP contribution in [0, 0.1) is 0 Å². The minimum atomic E-state index is -0.126. The number of hydrogen-bond donors (Lipinski definition) is 0. The van der Waals surface area contributed by atoms with Crippen LogP contribution in [0.4, 0.5) is 0 Å². The van der Waals surface area contributed by atoms with Crippen molar-refractivity contribution in [2.75, 3.05) is 6.61 Å². The lowest BCUT2D eigenvalue weighted by atomic mass is 10.0. The maximum atomic E-state index is 12.5. The smallest absolute Gasteiger partial charge is 0.195 e. The summed E-state index contributed by atoms with van der Waals surface area (Å²) in [6, 6.07) is 12.4. The van der Waals surface area contributed by atoms with Gasteiger partial charge in [0.15, 0.2) is 5.78 Å². The molecule has 2 rings (SSSR count). The van der Waals surface area contributed by atoms with Crippen molar-refractivity contribution in [2.45, 2.75) is 6.92 Å². The fourth-order valence-corrected chi connectivity index (χ4v) is 2.67. The van der Waals surface area contributed by atoms with Gasteiger partial charge in [-0.1, -0.05) is 29.8 Å². The predicted octanol–water partition coefficient (Wildman–Crippen LogP) is 4.73. The lowest BCUT2D eigenvalue weighted by Gasteiger charge is -2.08. The van der Waals surface area contributed by atoms with Crippen LogP contribution in [0.5, 0.6) is 5.75 Å². The standard InChI is InChI=1S/C15H12BrClO2/c1-2-19-11-6-3-5-10(9-11)15(18)14-12(16)7-4-8-13(14)17/h3-9H,2H2,1H3. The molecule has 0 fully saturated rings. The first-order chi connectivity index (χ1) is 9.13. The number of carbonyl (C=O) groups is 1. The summed E-state index contributed by atoms with van der Waals surface area (Å²) in [7, 11) is 0. The molecule has 4 heteroatoms. The third kappa shape index (κ3) is 3.17. The molecule has 0 spiro atoms. The molecule has 0 aliphatic rings. The molecule has 2 aromatic rings. The maximum absolute atomic E-state index is 12.5. The van der Waals surface area contributed by atoms with Gasteiger partial charge in [-0.3, -0.25) is 4.79 Å². The second kappa shape index (κ2) is 6.22. The average Bonchev–Trinajstić information content (AvgIpc) is 2.39. The second-order valence-electron chi connectivity index (χ2n) is 3.89. The van der Waals surface area contributed by atoms with Gasteiger partial charge in [0, 0.05) is 10.0 Å². The van der Waals surface area contributed by atoms with Gasteiger partial charge in [-0.25, -0.2) is 0 Å². The Bertz CT molecular complexity index is 591. The summed E-state index contributed by atoms with van der Waals surface area (Å²) in [5.41, 5.74) is 1.03. The van der Waals surface area contributed by atoms with Crippen LogP contribution in [-0.2, 0) is 0 Å². The summed E-state index contributed by atoms with van der Waals surface area (Å²) in [5.74, 6) is 0.551. The van der Waals surface area contributed by atoms with Crippen molar-refractivity contribution < 1.29 is 9.53 Å². The highest BCUT2D eigenvalue weighted by Gasteiger charge is 2.16. The third-order valence-electron chi connectivity index (χ3n) is 2.60. The molecule has 2 aromatic carbocycles. The molecule has 98 valence electrons. The van der Waals surface area contributed by atoms with Gasteiger partial charge in [0.25, 0.3) is 0 Å². The topological polar surface area (TPSA) is 26.3 Å². The summed E-state index contributed by atoms with van der Waals surface area (Å²) in [6.07, 6.45) is 0. The van der Waals surface area contributed by atoms with Crippen LogP contribution in [0.3, 0.4) is 0 Å². The highest BCUT2D eigenvalue weighted by Crippen LogP contribution is 2.28. The zero-order chi connectivity index (χ0) is 13.8. The lowest BCUT2D eigenvalue weighted by molar-refractivity contribution is 0.103. The van der Waals surface area contributed by atoms with Crippen LogP contribution in [0.25, 0.3) is 0 Å². The third-order valence-corrected chi connectivity index (χ3v) is 3.57. The first-order valence-electron chi connectivity index (χ1n) is 5.85. The molecule has 0 saturated carbocycles. The highest BCUT2D eigenvalue weighted by molar-refractivity contribution is 9.10. The minimum absolute atomic E-state index is 0.126. The molecule has 0 N–H and O–H groups in total. The molecule has 0 unspecified atom stereocenters.